The quantitative estimate of drug-likeness (QED) is 0.741. The summed E-state index contributed by atoms with van der Waals surface area (Å²) in [5.74, 6) is 0. The average molecular weight is 200 g/mol. The van der Waals surface area contributed by atoms with E-state index in [-0.39, 0.29) is 12.1 Å². The van der Waals surface area contributed by atoms with Gasteiger partial charge in [-0.05, 0) is 20.3 Å². The Balaban J connectivity index is 2.39. The lowest BCUT2D eigenvalue weighted by Gasteiger charge is -2.37. The van der Waals surface area contributed by atoms with Crippen LogP contribution in [0.3, 0.4) is 0 Å². The molecule has 2 unspecified atom stereocenters. The van der Waals surface area contributed by atoms with E-state index in [1.165, 1.54) is 0 Å². The third-order valence-corrected chi connectivity index (χ3v) is 2.95. The number of rotatable bonds is 4. The van der Waals surface area contributed by atoms with Crippen molar-refractivity contribution in [3.8, 4) is 0 Å². The van der Waals surface area contributed by atoms with E-state index >= 15 is 0 Å². The minimum Gasteiger partial charge on any atom is -0.374 e. The Labute approximate surface area is 87.6 Å². The molecule has 3 heteroatoms. The molecule has 2 N–H and O–H groups in total. The zero-order valence-corrected chi connectivity index (χ0v) is 9.70. The van der Waals surface area contributed by atoms with Gasteiger partial charge >= 0.3 is 0 Å². The van der Waals surface area contributed by atoms with Crippen molar-refractivity contribution in [2.75, 3.05) is 19.7 Å². The van der Waals surface area contributed by atoms with Crippen molar-refractivity contribution < 1.29 is 4.74 Å². The normalized spacial score (nSPS) is 26.8. The van der Waals surface area contributed by atoms with Crippen molar-refractivity contribution in [2.45, 2.75) is 51.8 Å². The summed E-state index contributed by atoms with van der Waals surface area (Å²) in [5, 5.41) is 0. The van der Waals surface area contributed by atoms with Gasteiger partial charge in [0.1, 0.15) is 0 Å². The molecule has 0 spiro atoms. The zero-order chi connectivity index (χ0) is 10.6. The van der Waals surface area contributed by atoms with Crippen molar-refractivity contribution in [3.05, 3.63) is 0 Å². The molecule has 1 heterocycles. The van der Waals surface area contributed by atoms with Crippen LogP contribution in [0.1, 0.15) is 33.6 Å². The standard InChI is InChI=1S/C11H24N2O/c1-4-5-10(12)11-8-13(9(2)3)6-7-14-11/h9-11H,4-8,12H2,1-3H3. The van der Waals surface area contributed by atoms with E-state index < -0.39 is 0 Å². The maximum atomic E-state index is 6.07. The molecule has 1 fully saturated rings. The molecule has 1 rings (SSSR count). The van der Waals surface area contributed by atoms with Crippen LogP contribution in [0.4, 0.5) is 0 Å². The van der Waals surface area contributed by atoms with Gasteiger partial charge in [0.05, 0.1) is 12.7 Å². The smallest absolute Gasteiger partial charge is 0.0853 e. The Morgan fingerprint density at radius 1 is 1.50 bits per heavy atom. The largest absolute Gasteiger partial charge is 0.374 e. The van der Waals surface area contributed by atoms with E-state index in [1.807, 2.05) is 0 Å². The Bertz CT molecular complexity index is 161. The van der Waals surface area contributed by atoms with Crippen LogP contribution >= 0.6 is 0 Å². The van der Waals surface area contributed by atoms with Crippen molar-refractivity contribution >= 4 is 0 Å². The second-order valence-electron chi connectivity index (χ2n) is 4.45. The number of morpholine rings is 1. The molecular weight excluding hydrogens is 176 g/mol. The maximum absolute atomic E-state index is 6.07. The topological polar surface area (TPSA) is 38.5 Å². The minimum absolute atomic E-state index is 0.210. The lowest BCUT2D eigenvalue weighted by molar-refractivity contribution is -0.0507. The van der Waals surface area contributed by atoms with Crippen LogP contribution in [0.15, 0.2) is 0 Å². The Hall–Kier alpha value is -0.120. The van der Waals surface area contributed by atoms with Crippen LogP contribution in [-0.2, 0) is 4.74 Å². The summed E-state index contributed by atoms with van der Waals surface area (Å²) in [6.07, 6.45) is 2.45. The second-order valence-corrected chi connectivity index (χ2v) is 4.45. The number of hydrogen-bond donors (Lipinski definition) is 1. The molecule has 0 saturated carbocycles. The first-order valence-electron chi connectivity index (χ1n) is 5.76. The van der Waals surface area contributed by atoms with Gasteiger partial charge in [-0.15, -0.1) is 0 Å². The van der Waals surface area contributed by atoms with Crippen molar-refractivity contribution in [1.29, 1.82) is 0 Å². The fraction of sp³-hybridized carbons (Fsp3) is 1.00. The van der Waals surface area contributed by atoms with Gasteiger partial charge in [0, 0.05) is 25.2 Å². The van der Waals surface area contributed by atoms with Gasteiger partial charge < -0.3 is 10.5 Å². The number of hydrogen-bond acceptors (Lipinski definition) is 3. The highest BCUT2D eigenvalue weighted by Gasteiger charge is 2.26. The van der Waals surface area contributed by atoms with Crippen LogP contribution in [0.2, 0.25) is 0 Å². The van der Waals surface area contributed by atoms with E-state index in [9.17, 15) is 0 Å². The third-order valence-electron chi connectivity index (χ3n) is 2.95. The fourth-order valence-electron chi connectivity index (χ4n) is 1.94. The van der Waals surface area contributed by atoms with E-state index in [0.717, 1.165) is 32.5 Å². The van der Waals surface area contributed by atoms with E-state index in [1.54, 1.807) is 0 Å². The van der Waals surface area contributed by atoms with Crippen LogP contribution in [0, 0.1) is 0 Å². The first-order chi connectivity index (χ1) is 6.65. The van der Waals surface area contributed by atoms with Crippen LogP contribution in [-0.4, -0.2) is 42.8 Å². The third kappa shape index (κ3) is 3.23. The van der Waals surface area contributed by atoms with Crippen molar-refractivity contribution in [3.63, 3.8) is 0 Å². The van der Waals surface area contributed by atoms with E-state index in [4.69, 9.17) is 10.5 Å². The molecule has 14 heavy (non-hydrogen) atoms. The Morgan fingerprint density at radius 2 is 2.21 bits per heavy atom. The highest BCUT2D eigenvalue weighted by atomic mass is 16.5. The lowest BCUT2D eigenvalue weighted by atomic mass is 10.0. The molecule has 0 aliphatic carbocycles. The van der Waals surface area contributed by atoms with Gasteiger partial charge in [-0.2, -0.15) is 0 Å². The molecule has 0 amide bonds. The Morgan fingerprint density at radius 3 is 2.79 bits per heavy atom. The summed E-state index contributed by atoms with van der Waals surface area (Å²) in [5.41, 5.74) is 6.07. The molecule has 2 atom stereocenters. The predicted octanol–water partition coefficient (Wildman–Crippen LogP) is 1.22. The van der Waals surface area contributed by atoms with Gasteiger partial charge in [0.2, 0.25) is 0 Å². The van der Waals surface area contributed by atoms with Gasteiger partial charge in [-0.25, -0.2) is 0 Å². The molecule has 3 nitrogen and oxygen atoms in total. The fourth-order valence-corrected chi connectivity index (χ4v) is 1.94. The van der Waals surface area contributed by atoms with Gasteiger partial charge in [0.25, 0.3) is 0 Å². The summed E-state index contributed by atoms with van der Waals surface area (Å²) in [6, 6.07) is 0.816. The summed E-state index contributed by atoms with van der Waals surface area (Å²) >= 11 is 0. The van der Waals surface area contributed by atoms with E-state index in [2.05, 4.69) is 25.7 Å². The molecule has 0 radical (unpaired) electrons. The molecule has 0 aromatic heterocycles. The van der Waals surface area contributed by atoms with Gasteiger partial charge in [-0.3, -0.25) is 4.90 Å². The molecule has 84 valence electrons. The van der Waals surface area contributed by atoms with Crippen LogP contribution in [0.25, 0.3) is 0 Å². The summed E-state index contributed by atoms with van der Waals surface area (Å²) in [6.45, 7) is 9.51. The lowest BCUT2D eigenvalue weighted by Crippen LogP contribution is -2.52. The molecule has 0 aromatic carbocycles. The number of nitrogens with zero attached hydrogens (tertiary/aromatic N) is 1. The van der Waals surface area contributed by atoms with Crippen LogP contribution in [0.5, 0.6) is 0 Å². The first kappa shape index (κ1) is 12.0. The highest BCUT2D eigenvalue weighted by molar-refractivity contribution is 4.81. The van der Waals surface area contributed by atoms with Gasteiger partial charge in [-0.1, -0.05) is 13.3 Å². The Kier molecular flexibility index (Phi) is 4.85. The van der Waals surface area contributed by atoms with Gasteiger partial charge in [0.15, 0.2) is 0 Å². The second kappa shape index (κ2) is 5.69. The summed E-state index contributed by atoms with van der Waals surface area (Å²) in [4.78, 5) is 2.45. The predicted molar refractivity (Wildman–Crippen MR) is 59.3 cm³/mol. The monoisotopic (exact) mass is 200 g/mol. The molecule has 0 bridgehead atoms. The molecular formula is C11H24N2O. The minimum atomic E-state index is 0.210. The molecule has 1 aliphatic rings. The molecule has 1 saturated heterocycles. The SMILES string of the molecule is CCCC(N)C1CN(C(C)C)CCO1. The highest BCUT2D eigenvalue weighted by Crippen LogP contribution is 2.13. The number of ether oxygens (including phenoxy) is 1. The van der Waals surface area contributed by atoms with Crippen molar-refractivity contribution in [1.82, 2.24) is 4.90 Å². The van der Waals surface area contributed by atoms with Crippen LogP contribution < -0.4 is 5.73 Å². The average Bonchev–Trinajstić information content (AvgIpc) is 2.18. The van der Waals surface area contributed by atoms with Crippen molar-refractivity contribution in [2.24, 2.45) is 5.73 Å². The molecule has 0 aromatic rings. The summed E-state index contributed by atoms with van der Waals surface area (Å²) in [7, 11) is 0. The molecule has 1 aliphatic heterocycles. The number of nitrogens with two attached hydrogens (primary N) is 1. The maximum Gasteiger partial charge on any atom is 0.0853 e. The zero-order valence-electron chi connectivity index (χ0n) is 9.70. The summed E-state index contributed by atoms with van der Waals surface area (Å²) < 4.78 is 5.71. The first-order valence-corrected chi connectivity index (χ1v) is 5.76. The van der Waals surface area contributed by atoms with E-state index in [0.29, 0.717) is 6.04 Å².